The molecule has 0 radical (unpaired) electrons. The minimum atomic E-state index is -0.972. The Hall–Kier alpha value is -2.55. The largest absolute Gasteiger partial charge is 0.478 e. The first-order valence-electron chi connectivity index (χ1n) is 4.97. The van der Waals surface area contributed by atoms with Gasteiger partial charge >= 0.3 is 5.97 Å². The van der Waals surface area contributed by atoms with Crippen molar-refractivity contribution in [3.8, 4) is 6.07 Å². The van der Waals surface area contributed by atoms with Crippen LogP contribution in [0.5, 0.6) is 0 Å². The molecule has 1 heterocycles. The molecule has 1 aromatic heterocycles. The van der Waals surface area contributed by atoms with Crippen LogP contribution in [0.4, 0.5) is 5.82 Å². The Kier molecular flexibility index (Phi) is 4.51. The lowest BCUT2D eigenvalue weighted by Crippen LogP contribution is -2.17. The second-order valence-electron chi connectivity index (χ2n) is 3.14. The highest BCUT2D eigenvalue weighted by atomic mass is 16.4. The predicted octanol–water partition coefficient (Wildman–Crippen LogP) is 1.25. The van der Waals surface area contributed by atoms with Gasteiger partial charge in [0.15, 0.2) is 0 Å². The molecule has 0 amide bonds. The maximum atomic E-state index is 10.7. The van der Waals surface area contributed by atoms with E-state index in [9.17, 15) is 4.79 Å². The fraction of sp³-hybridized carbons (Fsp3) is 0.182. The molecule has 0 fully saturated rings. The van der Waals surface area contributed by atoms with E-state index in [0.29, 0.717) is 17.8 Å². The summed E-state index contributed by atoms with van der Waals surface area (Å²) in [5.41, 5.74) is 6.03. The molecule has 6 nitrogen and oxygen atoms in total. The van der Waals surface area contributed by atoms with Crippen molar-refractivity contribution in [2.75, 3.05) is 5.43 Å². The molecule has 3 N–H and O–H groups in total. The number of hydrazine groups is 1. The van der Waals surface area contributed by atoms with Gasteiger partial charge < -0.3 is 10.5 Å². The molecule has 0 bridgehead atoms. The Morgan fingerprint density at radius 3 is 3.06 bits per heavy atom. The van der Waals surface area contributed by atoms with E-state index >= 15 is 0 Å². The zero-order chi connectivity index (χ0) is 12.7. The summed E-state index contributed by atoms with van der Waals surface area (Å²) in [5, 5.41) is 17.4. The highest BCUT2D eigenvalue weighted by molar-refractivity contribution is 5.86. The van der Waals surface area contributed by atoms with Crippen molar-refractivity contribution in [2.45, 2.75) is 13.3 Å². The summed E-state index contributed by atoms with van der Waals surface area (Å²) in [6.45, 7) is 1.75. The quantitative estimate of drug-likeness (QED) is 0.522. The van der Waals surface area contributed by atoms with E-state index in [1.165, 1.54) is 12.4 Å². The third-order valence-corrected chi connectivity index (χ3v) is 1.99. The Morgan fingerprint density at radius 2 is 2.47 bits per heavy atom. The van der Waals surface area contributed by atoms with Crippen molar-refractivity contribution in [2.24, 2.45) is 0 Å². The zero-order valence-electron chi connectivity index (χ0n) is 9.27. The predicted molar refractivity (Wildman–Crippen MR) is 61.7 cm³/mol. The van der Waals surface area contributed by atoms with Gasteiger partial charge in [0.1, 0.15) is 5.82 Å². The van der Waals surface area contributed by atoms with E-state index in [2.05, 4.69) is 15.8 Å². The van der Waals surface area contributed by atoms with E-state index in [1.54, 1.807) is 19.1 Å². The summed E-state index contributed by atoms with van der Waals surface area (Å²) in [6.07, 6.45) is 3.25. The maximum absolute atomic E-state index is 10.7. The first-order chi connectivity index (χ1) is 8.17. The normalized spacial score (nSPS) is 10.5. The molecule has 0 saturated carbocycles. The van der Waals surface area contributed by atoms with Gasteiger partial charge in [-0.1, -0.05) is 6.92 Å². The minimum absolute atomic E-state index is 0.244. The van der Waals surface area contributed by atoms with E-state index in [1.807, 2.05) is 6.07 Å². The second-order valence-corrected chi connectivity index (χ2v) is 3.14. The Bertz CT molecular complexity index is 477. The number of hydrogen-bond donors (Lipinski definition) is 3. The number of rotatable bonds is 5. The van der Waals surface area contributed by atoms with Crippen molar-refractivity contribution >= 4 is 11.8 Å². The van der Waals surface area contributed by atoms with Crippen LogP contribution in [0.1, 0.15) is 18.9 Å². The van der Waals surface area contributed by atoms with Crippen LogP contribution in [0.3, 0.4) is 0 Å². The molecule has 0 unspecified atom stereocenters. The Balaban J connectivity index is 2.62. The number of nitrogens with one attached hydrogen (secondary N) is 2. The molecule has 0 aliphatic rings. The van der Waals surface area contributed by atoms with Crippen LogP contribution >= 0.6 is 0 Å². The summed E-state index contributed by atoms with van der Waals surface area (Å²) in [5.74, 6) is -0.526. The number of pyridine rings is 1. The van der Waals surface area contributed by atoms with Gasteiger partial charge in [-0.3, -0.25) is 5.43 Å². The molecule has 0 spiro atoms. The second kappa shape index (κ2) is 6.12. The number of nitrogens with zero attached hydrogens (tertiary/aromatic N) is 2. The summed E-state index contributed by atoms with van der Waals surface area (Å²) < 4.78 is 0. The molecule has 0 aliphatic heterocycles. The van der Waals surface area contributed by atoms with Gasteiger partial charge in [-0.05, 0) is 18.6 Å². The molecule has 0 aromatic carbocycles. The monoisotopic (exact) mass is 232 g/mol. The van der Waals surface area contributed by atoms with Crippen molar-refractivity contribution in [1.29, 1.82) is 5.26 Å². The van der Waals surface area contributed by atoms with Crippen LogP contribution in [0.15, 0.2) is 30.1 Å². The van der Waals surface area contributed by atoms with Gasteiger partial charge in [0.2, 0.25) is 0 Å². The molecule has 0 atom stereocenters. The van der Waals surface area contributed by atoms with Crippen LogP contribution < -0.4 is 10.9 Å². The van der Waals surface area contributed by atoms with E-state index in [0.717, 1.165) is 0 Å². The zero-order valence-corrected chi connectivity index (χ0v) is 9.27. The molecule has 6 heteroatoms. The highest BCUT2D eigenvalue weighted by Gasteiger charge is 2.02. The Morgan fingerprint density at radius 1 is 1.71 bits per heavy atom. The molecule has 0 saturated heterocycles. The smallest absolute Gasteiger partial charge is 0.333 e. The number of hydrogen-bond acceptors (Lipinski definition) is 5. The van der Waals surface area contributed by atoms with Crippen LogP contribution in [0.25, 0.3) is 0 Å². The minimum Gasteiger partial charge on any atom is -0.478 e. The van der Waals surface area contributed by atoms with Gasteiger partial charge in [-0.25, -0.2) is 9.78 Å². The molecular formula is C11H12N4O2. The Labute approximate surface area is 98.6 Å². The first-order valence-corrected chi connectivity index (χ1v) is 4.97. The van der Waals surface area contributed by atoms with Gasteiger partial charge in [-0.15, -0.1) is 0 Å². The molecule has 88 valence electrons. The molecule has 17 heavy (non-hydrogen) atoms. The van der Waals surface area contributed by atoms with Crippen molar-refractivity contribution in [3.05, 3.63) is 35.7 Å². The fourth-order valence-corrected chi connectivity index (χ4v) is 1.08. The fourth-order valence-electron chi connectivity index (χ4n) is 1.08. The van der Waals surface area contributed by atoms with E-state index in [-0.39, 0.29) is 5.57 Å². The molecule has 1 rings (SSSR count). The van der Waals surface area contributed by atoms with Gasteiger partial charge in [0.25, 0.3) is 0 Å². The number of carboxylic acids is 1. The lowest BCUT2D eigenvalue weighted by molar-refractivity contribution is -0.132. The van der Waals surface area contributed by atoms with Crippen LogP contribution in [0, 0.1) is 11.3 Å². The third kappa shape index (κ3) is 3.83. The van der Waals surface area contributed by atoms with Gasteiger partial charge in [-0.2, -0.15) is 5.26 Å². The average Bonchev–Trinajstić information content (AvgIpc) is 2.34. The van der Waals surface area contributed by atoms with Crippen molar-refractivity contribution in [1.82, 2.24) is 10.4 Å². The number of aromatic nitrogens is 1. The number of carboxylic acid groups (broad SMARTS) is 1. The lowest BCUT2D eigenvalue weighted by Gasteiger charge is -2.05. The number of carbonyl (C=O) groups is 1. The van der Waals surface area contributed by atoms with Gasteiger partial charge in [0.05, 0.1) is 17.2 Å². The summed E-state index contributed by atoms with van der Waals surface area (Å²) in [7, 11) is 0. The van der Waals surface area contributed by atoms with Crippen LogP contribution in [-0.2, 0) is 4.79 Å². The lowest BCUT2D eigenvalue weighted by atomic mass is 10.2. The third-order valence-electron chi connectivity index (χ3n) is 1.99. The van der Waals surface area contributed by atoms with E-state index in [4.69, 9.17) is 10.4 Å². The summed E-state index contributed by atoms with van der Waals surface area (Å²) in [4.78, 5) is 14.6. The maximum Gasteiger partial charge on any atom is 0.333 e. The van der Waals surface area contributed by atoms with Crippen LogP contribution in [-0.4, -0.2) is 16.1 Å². The van der Waals surface area contributed by atoms with Crippen molar-refractivity contribution in [3.63, 3.8) is 0 Å². The van der Waals surface area contributed by atoms with Crippen molar-refractivity contribution < 1.29 is 9.90 Å². The topological polar surface area (TPSA) is 98.0 Å². The van der Waals surface area contributed by atoms with Gasteiger partial charge in [0, 0.05) is 12.4 Å². The standard InChI is InChI=1S/C11H12N4O2/c1-2-9(11(16)17)7-14-15-10-5-8(6-12)3-4-13-10/h3-5,7,14H,2H2,1H3,(H,13,15)(H,16,17). The van der Waals surface area contributed by atoms with E-state index < -0.39 is 5.97 Å². The number of anilines is 1. The molecule has 1 aromatic rings. The molecule has 0 aliphatic carbocycles. The number of nitriles is 1. The average molecular weight is 232 g/mol. The number of aliphatic carboxylic acids is 1. The summed E-state index contributed by atoms with van der Waals surface area (Å²) in [6, 6.07) is 5.11. The summed E-state index contributed by atoms with van der Waals surface area (Å²) >= 11 is 0. The molecular weight excluding hydrogens is 220 g/mol. The van der Waals surface area contributed by atoms with Crippen LogP contribution in [0.2, 0.25) is 0 Å². The SMILES string of the molecule is CCC(=CNNc1cc(C#N)ccn1)C(=O)O. The highest BCUT2D eigenvalue weighted by Crippen LogP contribution is 2.04. The first kappa shape index (κ1) is 12.5.